The summed E-state index contributed by atoms with van der Waals surface area (Å²) < 4.78 is 1.62. The number of aryl methyl sites for hydroxylation is 1. The van der Waals surface area contributed by atoms with Crippen molar-refractivity contribution in [2.45, 2.75) is 25.8 Å². The van der Waals surface area contributed by atoms with E-state index in [2.05, 4.69) is 4.98 Å². The van der Waals surface area contributed by atoms with Crippen LogP contribution in [0.4, 0.5) is 5.82 Å². The van der Waals surface area contributed by atoms with E-state index in [9.17, 15) is 14.9 Å². The molecule has 0 saturated heterocycles. The van der Waals surface area contributed by atoms with Gasteiger partial charge in [0.25, 0.3) is 0 Å². The van der Waals surface area contributed by atoms with Crippen LogP contribution in [0.5, 0.6) is 0 Å². The third-order valence-corrected chi connectivity index (χ3v) is 2.04. The SMILES string of the molecule is NNC(=O)CCCCn1cnc([N+](=O)[O-])c1. The molecule has 0 atom stereocenters. The lowest BCUT2D eigenvalue weighted by Gasteiger charge is -2.00. The molecule has 8 nitrogen and oxygen atoms in total. The Morgan fingerprint density at radius 2 is 2.38 bits per heavy atom. The summed E-state index contributed by atoms with van der Waals surface area (Å²) >= 11 is 0. The molecule has 0 radical (unpaired) electrons. The van der Waals surface area contributed by atoms with E-state index >= 15 is 0 Å². The van der Waals surface area contributed by atoms with E-state index in [-0.39, 0.29) is 11.7 Å². The molecule has 1 amide bonds. The van der Waals surface area contributed by atoms with E-state index in [4.69, 9.17) is 5.84 Å². The highest BCUT2D eigenvalue weighted by Gasteiger charge is 2.09. The number of imidazole rings is 1. The summed E-state index contributed by atoms with van der Waals surface area (Å²) in [5.41, 5.74) is 2.04. The summed E-state index contributed by atoms with van der Waals surface area (Å²) in [7, 11) is 0. The molecule has 1 aromatic heterocycles. The molecule has 8 heteroatoms. The average Bonchev–Trinajstić information content (AvgIpc) is 2.72. The Labute approximate surface area is 91.6 Å². The van der Waals surface area contributed by atoms with Gasteiger partial charge in [-0.2, -0.15) is 0 Å². The first-order valence-electron chi connectivity index (χ1n) is 4.79. The Balaban J connectivity index is 2.27. The fourth-order valence-electron chi connectivity index (χ4n) is 1.22. The number of nitrogens with one attached hydrogen (secondary N) is 1. The van der Waals surface area contributed by atoms with Gasteiger partial charge in [-0.05, 0) is 22.7 Å². The molecule has 1 rings (SSSR count). The molecule has 0 bridgehead atoms. The second-order valence-electron chi connectivity index (χ2n) is 3.25. The third-order valence-electron chi connectivity index (χ3n) is 2.04. The fraction of sp³-hybridized carbons (Fsp3) is 0.500. The number of amides is 1. The maximum absolute atomic E-state index is 10.8. The number of nitrogens with zero attached hydrogens (tertiary/aromatic N) is 3. The zero-order valence-electron chi connectivity index (χ0n) is 8.63. The molecule has 0 spiro atoms. The maximum atomic E-state index is 10.8. The van der Waals surface area contributed by atoms with Crippen molar-refractivity contribution in [3.8, 4) is 0 Å². The van der Waals surface area contributed by atoms with Crippen LogP contribution in [0.2, 0.25) is 0 Å². The van der Waals surface area contributed by atoms with Crippen LogP contribution in [0.3, 0.4) is 0 Å². The van der Waals surface area contributed by atoms with Crippen LogP contribution in [0.1, 0.15) is 19.3 Å². The molecule has 0 unspecified atom stereocenters. The smallest absolute Gasteiger partial charge is 0.358 e. The van der Waals surface area contributed by atoms with Crippen molar-refractivity contribution in [3.63, 3.8) is 0 Å². The molecule has 0 fully saturated rings. The molecule has 16 heavy (non-hydrogen) atoms. The van der Waals surface area contributed by atoms with E-state index in [0.717, 1.165) is 6.42 Å². The third kappa shape index (κ3) is 3.65. The predicted octanol–water partition coefficient (Wildman–Crippen LogP) is -0.0485. The number of aromatic nitrogens is 2. The van der Waals surface area contributed by atoms with E-state index in [0.29, 0.717) is 19.4 Å². The number of hydrogen-bond acceptors (Lipinski definition) is 5. The maximum Gasteiger partial charge on any atom is 0.381 e. The number of hydrogen-bond donors (Lipinski definition) is 2. The zero-order valence-corrected chi connectivity index (χ0v) is 8.63. The summed E-state index contributed by atoms with van der Waals surface area (Å²) in [6.07, 6.45) is 4.54. The largest absolute Gasteiger partial charge is 0.381 e. The van der Waals surface area contributed by atoms with Crippen LogP contribution in [0, 0.1) is 10.1 Å². The Morgan fingerprint density at radius 3 is 2.94 bits per heavy atom. The van der Waals surface area contributed by atoms with Crippen molar-refractivity contribution in [2.75, 3.05) is 0 Å². The van der Waals surface area contributed by atoms with E-state index < -0.39 is 4.92 Å². The zero-order chi connectivity index (χ0) is 12.0. The number of nitrogens with two attached hydrogens (primary N) is 1. The first-order valence-corrected chi connectivity index (χ1v) is 4.79. The molecular formula is C8H13N5O3. The minimum atomic E-state index is -0.543. The lowest BCUT2D eigenvalue weighted by Crippen LogP contribution is -2.29. The number of hydrazine groups is 1. The van der Waals surface area contributed by atoms with Crippen LogP contribution in [-0.2, 0) is 11.3 Å². The quantitative estimate of drug-likeness (QED) is 0.232. The standard InChI is InChI=1S/C8H13N5O3/c9-11-8(14)3-1-2-4-12-5-7(10-6-12)13(15)16/h5-6H,1-4,9H2,(H,11,14). The number of rotatable bonds is 6. The molecule has 0 saturated carbocycles. The lowest BCUT2D eigenvalue weighted by atomic mass is 10.2. The summed E-state index contributed by atoms with van der Waals surface area (Å²) in [5, 5.41) is 10.3. The molecule has 88 valence electrons. The van der Waals surface area contributed by atoms with Crippen molar-refractivity contribution in [3.05, 3.63) is 22.6 Å². The van der Waals surface area contributed by atoms with Crippen molar-refractivity contribution >= 4 is 11.7 Å². The van der Waals surface area contributed by atoms with Gasteiger partial charge in [-0.3, -0.25) is 10.2 Å². The first kappa shape index (κ1) is 12.1. The lowest BCUT2D eigenvalue weighted by molar-refractivity contribution is -0.389. The Kier molecular flexibility index (Phi) is 4.40. The first-order chi connectivity index (χ1) is 7.63. The van der Waals surface area contributed by atoms with Crippen LogP contribution >= 0.6 is 0 Å². The van der Waals surface area contributed by atoms with E-state index in [1.165, 1.54) is 12.5 Å². The topological polar surface area (TPSA) is 116 Å². The van der Waals surface area contributed by atoms with Crippen LogP contribution < -0.4 is 11.3 Å². The van der Waals surface area contributed by atoms with Gasteiger partial charge in [-0.15, -0.1) is 0 Å². The van der Waals surface area contributed by atoms with Gasteiger partial charge in [0.1, 0.15) is 6.20 Å². The highest BCUT2D eigenvalue weighted by molar-refractivity contribution is 5.74. The molecular weight excluding hydrogens is 214 g/mol. The van der Waals surface area contributed by atoms with Gasteiger partial charge < -0.3 is 14.7 Å². The van der Waals surface area contributed by atoms with Gasteiger partial charge in [0.2, 0.25) is 12.2 Å². The normalized spacial score (nSPS) is 10.1. The molecule has 1 aromatic rings. The predicted molar refractivity (Wildman–Crippen MR) is 55.1 cm³/mol. The molecule has 1 heterocycles. The van der Waals surface area contributed by atoms with Crippen molar-refractivity contribution in [1.29, 1.82) is 0 Å². The summed E-state index contributed by atoms with van der Waals surface area (Å²) in [4.78, 5) is 24.2. The summed E-state index contributed by atoms with van der Waals surface area (Å²) in [6, 6.07) is 0. The average molecular weight is 227 g/mol. The number of carbonyl (C=O) groups is 1. The van der Waals surface area contributed by atoms with Crippen molar-refractivity contribution in [1.82, 2.24) is 15.0 Å². The van der Waals surface area contributed by atoms with Gasteiger partial charge >= 0.3 is 5.82 Å². The highest BCUT2D eigenvalue weighted by atomic mass is 16.6. The highest BCUT2D eigenvalue weighted by Crippen LogP contribution is 2.07. The number of nitro groups is 1. The van der Waals surface area contributed by atoms with Crippen LogP contribution in [-0.4, -0.2) is 20.4 Å². The Morgan fingerprint density at radius 1 is 1.62 bits per heavy atom. The van der Waals surface area contributed by atoms with E-state index in [1.54, 1.807) is 4.57 Å². The number of unbranched alkanes of at least 4 members (excludes halogenated alkanes) is 1. The molecule has 0 aliphatic heterocycles. The van der Waals surface area contributed by atoms with Gasteiger partial charge in [0, 0.05) is 13.0 Å². The van der Waals surface area contributed by atoms with Gasteiger partial charge in [0.05, 0.1) is 0 Å². The van der Waals surface area contributed by atoms with E-state index in [1.807, 2.05) is 5.43 Å². The minimum Gasteiger partial charge on any atom is -0.358 e. The second kappa shape index (κ2) is 5.81. The van der Waals surface area contributed by atoms with Crippen molar-refractivity contribution < 1.29 is 9.72 Å². The monoisotopic (exact) mass is 227 g/mol. The minimum absolute atomic E-state index is 0.167. The molecule has 0 aromatic carbocycles. The molecule has 0 aliphatic rings. The van der Waals surface area contributed by atoms with Gasteiger partial charge in [-0.1, -0.05) is 0 Å². The Hall–Kier alpha value is -1.96. The van der Waals surface area contributed by atoms with Gasteiger partial charge in [-0.25, -0.2) is 5.84 Å². The fourth-order valence-corrected chi connectivity index (χ4v) is 1.22. The second-order valence-corrected chi connectivity index (χ2v) is 3.25. The summed E-state index contributed by atoms with van der Waals surface area (Å²) in [6.45, 7) is 0.596. The van der Waals surface area contributed by atoms with Crippen LogP contribution in [0.15, 0.2) is 12.5 Å². The Bertz CT molecular complexity index is 376. The number of carbonyl (C=O) groups excluding carboxylic acids is 1. The van der Waals surface area contributed by atoms with Gasteiger partial charge in [0.15, 0.2) is 0 Å². The van der Waals surface area contributed by atoms with Crippen LogP contribution in [0.25, 0.3) is 0 Å². The summed E-state index contributed by atoms with van der Waals surface area (Å²) in [5.74, 6) is 4.53. The molecule has 0 aliphatic carbocycles. The molecule has 3 N–H and O–H groups in total. The van der Waals surface area contributed by atoms with Crippen molar-refractivity contribution in [2.24, 2.45) is 5.84 Å².